The lowest BCUT2D eigenvalue weighted by atomic mass is 10.1. The monoisotopic (exact) mass is 232 g/mol. The molecule has 0 spiro atoms. The fourth-order valence-electron chi connectivity index (χ4n) is 1.18. The molecule has 0 amide bonds. The second-order valence-corrected chi connectivity index (χ2v) is 3.66. The topological polar surface area (TPSA) is 38.0 Å². The van der Waals surface area contributed by atoms with Crippen LogP contribution < -0.4 is 11.1 Å². The molecule has 90 valence electrons. The van der Waals surface area contributed by atoms with Gasteiger partial charge in [-0.2, -0.15) is 13.2 Å². The summed E-state index contributed by atoms with van der Waals surface area (Å²) in [6.45, 7) is 1.74. The fraction of sp³-hybridized carbons (Fsp3) is 0.455. The summed E-state index contributed by atoms with van der Waals surface area (Å²) in [6.07, 6.45) is -4.20. The third-order valence-corrected chi connectivity index (χ3v) is 2.36. The van der Waals surface area contributed by atoms with E-state index >= 15 is 0 Å². The highest BCUT2D eigenvalue weighted by Gasteiger charge is 2.35. The van der Waals surface area contributed by atoms with E-state index < -0.39 is 12.2 Å². The van der Waals surface area contributed by atoms with Crippen molar-refractivity contribution < 1.29 is 13.2 Å². The molecule has 0 aliphatic heterocycles. The molecule has 0 aliphatic rings. The second-order valence-electron chi connectivity index (χ2n) is 3.66. The summed E-state index contributed by atoms with van der Waals surface area (Å²) in [7, 11) is 0. The standard InChI is InChI=1S/C11H15F3N2/c1-8(11(12,13)14)16-7-10-4-2-9(6-15)3-5-10/h2-5,8,16H,6-7,15H2,1H3/t8-/m1/s1. The van der Waals surface area contributed by atoms with Gasteiger partial charge in [0.1, 0.15) is 6.04 Å². The summed E-state index contributed by atoms with van der Waals surface area (Å²) in [5, 5.41) is 2.42. The third kappa shape index (κ3) is 3.83. The fourth-order valence-corrected chi connectivity index (χ4v) is 1.18. The molecule has 1 atom stereocenters. The molecular weight excluding hydrogens is 217 g/mol. The van der Waals surface area contributed by atoms with Crippen molar-refractivity contribution in [2.75, 3.05) is 0 Å². The van der Waals surface area contributed by atoms with Gasteiger partial charge < -0.3 is 11.1 Å². The maximum absolute atomic E-state index is 12.2. The summed E-state index contributed by atoms with van der Waals surface area (Å²) in [6, 6.07) is 5.68. The van der Waals surface area contributed by atoms with E-state index in [1.165, 1.54) is 0 Å². The lowest BCUT2D eigenvalue weighted by Gasteiger charge is -2.17. The summed E-state index contributed by atoms with van der Waals surface area (Å²) in [4.78, 5) is 0. The molecule has 0 unspecified atom stereocenters. The number of hydrogen-bond acceptors (Lipinski definition) is 2. The van der Waals surface area contributed by atoms with Crippen molar-refractivity contribution in [3.8, 4) is 0 Å². The third-order valence-electron chi connectivity index (χ3n) is 2.36. The minimum absolute atomic E-state index is 0.200. The Morgan fingerprint density at radius 1 is 1.19 bits per heavy atom. The predicted molar refractivity (Wildman–Crippen MR) is 56.7 cm³/mol. The van der Waals surface area contributed by atoms with E-state index in [2.05, 4.69) is 5.32 Å². The van der Waals surface area contributed by atoms with Crippen LogP contribution in [0, 0.1) is 0 Å². The van der Waals surface area contributed by atoms with Gasteiger partial charge in [0.2, 0.25) is 0 Å². The largest absolute Gasteiger partial charge is 0.403 e. The Labute approximate surface area is 92.6 Å². The van der Waals surface area contributed by atoms with E-state index in [0.717, 1.165) is 18.1 Å². The average Bonchev–Trinajstić information content (AvgIpc) is 2.25. The minimum atomic E-state index is -4.20. The first-order chi connectivity index (χ1) is 7.43. The SMILES string of the molecule is C[C@@H](NCc1ccc(CN)cc1)C(F)(F)F. The number of nitrogens with one attached hydrogen (secondary N) is 1. The first-order valence-electron chi connectivity index (χ1n) is 5.01. The van der Waals surface area contributed by atoms with E-state index in [9.17, 15) is 13.2 Å². The quantitative estimate of drug-likeness (QED) is 0.835. The van der Waals surface area contributed by atoms with E-state index in [1.807, 2.05) is 12.1 Å². The van der Waals surface area contributed by atoms with E-state index in [4.69, 9.17) is 5.73 Å². The highest BCUT2D eigenvalue weighted by molar-refractivity contribution is 5.22. The molecule has 0 heterocycles. The van der Waals surface area contributed by atoms with Crippen LogP contribution in [0.4, 0.5) is 13.2 Å². The van der Waals surface area contributed by atoms with Crippen molar-refractivity contribution >= 4 is 0 Å². The van der Waals surface area contributed by atoms with Gasteiger partial charge in [0.15, 0.2) is 0 Å². The Hall–Kier alpha value is -1.07. The molecule has 0 aromatic heterocycles. The molecule has 16 heavy (non-hydrogen) atoms. The van der Waals surface area contributed by atoms with E-state index in [0.29, 0.717) is 6.54 Å². The number of rotatable bonds is 4. The first kappa shape index (κ1) is 13.0. The molecule has 2 nitrogen and oxygen atoms in total. The van der Waals surface area contributed by atoms with Crippen LogP contribution in [0.15, 0.2) is 24.3 Å². The highest BCUT2D eigenvalue weighted by Crippen LogP contribution is 2.19. The lowest BCUT2D eigenvalue weighted by molar-refractivity contribution is -0.151. The van der Waals surface area contributed by atoms with Crippen molar-refractivity contribution in [1.29, 1.82) is 0 Å². The van der Waals surface area contributed by atoms with Crippen molar-refractivity contribution in [1.82, 2.24) is 5.32 Å². The Kier molecular flexibility index (Phi) is 4.32. The first-order valence-corrected chi connectivity index (χ1v) is 5.01. The van der Waals surface area contributed by atoms with Gasteiger partial charge >= 0.3 is 6.18 Å². The number of alkyl halides is 3. The number of halogens is 3. The van der Waals surface area contributed by atoms with Crippen LogP contribution in [0.2, 0.25) is 0 Å². The van der Waals surface area contributed by atoms with Crippen LogP contribution in [0.3, 0.4) is 0 Å². The van der Waals surface area contributed by atoms with Crippen molar-refractivity contribution in [3.05, 3.63) is 35.4 Å². The van der Waals surface area contributed by atoms with Crippen molar-refractivity contribution in [2.45, 2.75) is 32.2 Å². The van der Waals surface area contributed by atoms with Crippen LogP contribution >= 0.6 is 0 Å². The van der Waals surface area contributed by atoms with Gasteiger partial charge in [-0.05, 0) is 18.1 Å². The molecule has 0 aliphatic carbocycles. The maximum Gasteiger partial charge on any atom is 0.403 e. The predicted octanol–water partition coefficient (Wildman–Crippen LogP) is 2.19. The van der Waals surface area contributed by atoms with Crippen LogP contribution in [-0.4, -0.2) is 12.2 Å². The number of hydrogen-bond donors (Lipinski definition) is 2. The van der Waals surface area contributed by atoms with Crippen LogP contribution in [-0.2, 0) is 13.1 Å². The summed E-state index contributed by atoms with van der Waals surface area (Å²) < 4.78 is 36.6. The molecule has 0 saturated carbocycles. The number of benzene rings is 1. The van der Waals surface area contributed by atoms with Gasteiger partial charge in [0.05, 0.1) is 0 Å². The highest BCUT2D eigenvalue weighted by atomic mass is 19.4. The molecule has 5 heteroatoms. The molecule has 0 saturated heterocycles. The molecule has 3 N–H and O–H groups in total. The molecule has 0 fully saturated rings. The number of nitrogens with two attached hydrogens (primary N) is 1. The normalized spacial score (nSPS) is 13.8. The Bertz CT molecular complexity index is 319. The molecule has 0 bridgehead atoms. The molecule has 1 rings (SSSR count). The summed E-state index contributed by atoms with van der Waals surface area (Å²) in [5.41, 5.74) is 7.19. The molecule has 0 radical (unpaired) electrons. The van der Waals surface area contributed by atoms with E-state index in [-0.39, 0.29) is 6.54 Å². The zero-order valence-electron chi connectivity index (χ0n) is 9.01. The Balaban J connectivity index is 2.48. The summed E-state index contributed by atoms with van der Waals surface area (Å²) >= 11 is 0. The molecular formula is C11H15F3N2. The van der Waals surface area contributed by atoms with Gasteiger partial charge in [-0.25, -0.2) is 0 Å². The van der Waals surface area contributed by atoms with E-state index in [1.54, 1.807) is 12.1 Å². The minimum Gasteiger partial charge on any atom is -0.326 e. The van der Waals surface area contributed by atoms with Crippen LogP contribution in [0.25, 0.3) is 0 Å². The van der Waals surface area contributed by atoms with Crippen molar-refractivity contribution in [2.24, 2.45) is 5.73 Å². The van der Waals surface area contributed by atoms with Gasteiger partial charge in [-0.3, -0.25) is 0 Å². The second kappa shape index (κ2) is 5.32. The zero-order valence-corrected chi connectivity index (χ0v) is 9.01. The lowest BCUT2D eigenvalue weighted by Crippen LogP contribution is -2.39. The van der Waals surface area contributed by atoms with Crippen molar-refractivity contribution in [3.63, 3.8) is 0 Å². The average molecular weight is 232 g/mol. The van der Waals surface area contributed by atoms with Gasteiger partial charge in [-0.1, -0.05) is 24.3 Å². The van der Waals surface area contributed by atoms with Gasteiger partial charge in [0, 0.05) is 13.1 Å². The maximum atomic E-state index is 12.2. The molecule has 1 aromatic rings. The van der Waals surface area contributed by atoms with Crippen LogP contribution in [0.1, 0.15) is 18.1 Å². The zero-order chi connectivity index (χ0) is 12.2. The smallest absolute Gasteiger partial charge is 0.326 e. The van der Waals surface area contributed by atoms with Gasteiger partial charge in [-0.15, -0.1) is 0 Å². The van der Waals surface area contributed by atoms with Gasteiger partial charge in [0.25, 0.3) is 0 Å². The Morgan fingerprint density at radius 3 is 2.12 bits per heavy atom. The summed E-state index contributed by atoms with van der Waals surface area (Å²) in [5.74, 6) is 0. The molecule has 1 aromatic carbocycles. The van der Waals surface area contributed by atoms with Crippen LogP contribution in [0.5, 0.6) is 0 Å². The Morgan fingerprint density at radius 2 is 1.69 bits per heavy atom.